The van der Waals surface area contributed by atoms with Gasteiger partial charge in [-0.25, -0.2) is 4.99 Å². The third-order valence-electron chi connectivity index (χ3n) is 3.35. The lowest BCUT2D eigenvalue weighted by atomic mass is 10.2. The van der Waals surface area contributed by atoms with E-state index in [4.69, 9.17) is 4.74 Å². The zero-order valence-electron chi connectivity index (χ0n) is 14.5. The highest BCUT2D eigenvalue weighted by atomic mass is 127. The molecule has 0 aliphatic carbocycles. The number of nitrogens with zero attached hydrogens (tertiary/aromatic N) is 3. The Labute approximate surface area is 160 Å². The highest BCUT2D eigenvalue weighted by Crippen LogP contribution is 2.10. The molecule has 0 atom stereocenters. The Morgan fingerprint density at radius 3 is 2.58 bits per heavy atom. The Kier molecular flexibility index (Phi) is 9.21. The van der Waals surface area contributed by atoms with Crippen LogP contribution in [0.15, 0.2) is 41.5 Å². The van der Waals surface area contributed by atoms with Crippen molar-refractivity contribution in [2.45, 2.75) is 20.4 Å². The first-order valence-electron chi connectivity index (χ1n) is 7.87. The van der Waals surface area contributed by atoms with Gasteiger partial charge in [0, 0.05) is 19.8 Å². The number of aryl methyl sites for hydroxylation is 2. The molecular formula is C17H26IN5O. The first-order chi connectivity index (χ1) is 11.2. The predicted octanol–water partition coefficient (Wildman–Crippen LogP) is 2.48. The SMILES string of the molecule is CCNC(=NCc1ccnn1C)NCCOc1ccc(C)cc1.I. The summed E-state index contributed by atoms with van der Waals surface area (Å²) in [5, 5.41) is 10.6. The van der Waals surface area contributed by atoms with Gasteiger partial charge in [-0.2, -0.15) is 5.10 Å². The second-order valence-corrected chi connectivity index (χ2v) is 5.23. The van der Waals surface area contributed by atoms with Crippen LogP contribution in [0.5, 0.6) is 5.75 Å². The summed E-state index contributed by atoms with van der Waals surface area (Å²) in [6.45, 7) is 6.78. The second kappa shape index (κ2) is 10.9. The van der Waals surface area contributed by atoms with Gasteiger partial charge in [0.2, 0.25) is 0 Å². The van der Waals surface area contributed by atoms with Crippen LogP contribution < -0.4 is 15.4 Å². The number of benzene rings is 1. The van der Waals surface area contributed by atoms with Crippen LogP contribution in [-0.4, -0.2) is 35.4 Å². The molecule has 1 heterocycles. The van der Waals surface area contributed by atoms with Crippen LogP contribution in [0.2, 0.25) is 0 Å². The molecule has 0 unspecified atom stereocenters. The largest absolute Gasteiger partial charge is 0.492 e. The molecule has 0 bridgehead atoms. The lowest BCUT2D eigenvalue weighted by Gasteiger charge is -2.12. The molecule has 2 rings (SSSR count). The third-order valence-corrected chi connectivity index (χ3v) is 3.35. The minimum absolute atomic E-state index is 0. The topological polar surface area (TPSA) is 63.5 Å². The Hall–Kier alpha value is -1.77. The van der Waals surface area contributed by atoms with E-state index in [1.807, 2.05) is 49.0 Å². The highest BCUT2D eigenvalue weighted by Gasteiger charge is 2.00. The number of guanidine groups is 1. The van der Waals surface area contributed by atoms with Crippen LogP contribution in [0.25, 0.3) is 0 Å². The maximum atomic E-state index is 5.70. The number of ether oxygens (including phenoxy) is 1. The summed E-state index contributed by atoms with van der Waals surface area (Å²) in [6, 6.07) is 10.0. The Morgan fingerprint density at radius 1 is 1.21 bits per heavy atom. The van der Waals surface area contributed by atoms with Crippen molar-refractivity contribution in [1.82, 2.24) is 20.4 Å². The quantitative estimate of drug-likeness (QED) is 0.299. The molecule has 0 fully saturated rings. The van der Waals surface area contributed by atoms with Gasteiger partial charge in [-0.05, 0) is 32.0 Å². The van der Waals surface area contributed by atoms with E-state index in [-0.39, 0.29) is 24.0 Å². The molecule has 0 saturated carbocycles. The minimum atomic E-state index is 0. The number of hydrogen-bond acceptors (Lipinski definition) is 3. The van der Waals surface area contributed by atoms with Gasteiger partial charge in [-0.3, -0.25) is 4.68 Å². The van der Waals surface area contributed by atoms with Crippen molar-refractivity contribution in [2.24, 2.45) is 12.0 Å². The van der Waals surface area contributed by atoms with E-state index in [0.717, 1.165) is 23.9 Å². The number of nitrogens with one attached hydrogen (secondary N) is 2. The lowest BCUT2D eigenvalue weighted by molar-refractivity contribution is 0.322. The molecule has 0 aliphatic rings. The van der Waals surface area contributed by atoms with E-state index in [9.17, 15) is 0 Å². The summed E-state index contributed by atoms with van der Waals surface area (Å²) in [6.07, 6.45) is 1.78. The molecule has 1 aromatic heterocycles. The van der Waals surface area contributed by atoms with Gasteiger partial charge in [-0.1, -0.05) is 17.7 Å². The second-order valence-electron chi connectivity index (χ2n) is 5.23. The Bertz CT molecular complexity index is 624. The van der Waals surface area contributed by atoms with Crippen LogP contribution in [0.1, 0.15) is 18.2 Å². The first kappa shape index (κ1) is 20.3. The number of aromatic nitrogens is 2. The van der Waals surface area contributed by atoms with Crippen LogP contribution in [0, 0.1) is 6.92 Å². The molecule has 24 heavy (non-hydrogen) atoms. The maximum absolute atomic E-state index is 5.70. The van der Waals surface area contributed by atoms with Gasteiger partial charge in [0.25, 0.3) is 0 Å². The molecule has 0 aliphatic heterocycles. The van der Waals surface area contributed by atoms with E-state index >= 15 is 0 Å². The normalized spacial score (nSPS) is 10.9. The number of hydrogen-bond donors (Lipinski definition) is 2. The molecule has 132 valence electrons. The van der Waals surface area contributed by atoms with Crippen molar-refractivity contribution in [2.75, 3.05) is 19.7 Å². The van der Waals surface area contributed by atoms with Crippen molar-refractivity contribution < 1.29 is 4.74 Å². The van der Waals surface area contributed by atoms with E-state index in [2.05, 4.69) is 27.6 Å². The monoisotopic (exact) mass is 443 g/mol. The number of rotatable bonds is 7. The van der Waals surface area contributed by atoms with Crippen LogP contribution in [0.3, 0.4) is 0 Å². The standard InChI is InChI=1S/C17H25N5O.HI/c1-4-18-17(20-13-15-9-10-21-22(15)3)19-11-12-23-16-7-5-14(2)6-8-16;/h5-10H,4,11-13H2,1-3H3,(H2,18,19,20);1H. The van der Waals surface area contributed by atoms with Crippen molar-refractivity contribution in [3.05, 3.63) is 47.8 Å². The summed E-state index contributed by atoms with van der Waals surface area (Å²) in [5.41, 5.74) is 2.30. The molecule has 2 N–H and O–H groups in total. The Balaban J connectivity index is 0.00000288. The number of aliphatic imine (C=N–C) groups is 1. The fourth-order valence-electron chi connectivity index (χ4n) is 2.03. The van der Waals surface area contributed by atoms with Crippen LogP contribution in [0.4, 0.5) is 0 Å². The maximum Gasteiger partial charge on any atom is 0.191 e. The van der Waals surface area contributed by atoms with E-state index in [1.54, 1.807) is 6.20 Å². The van der Waals surface area contributed by atoms with Gasteiger partial charge in [0.15, 0.2) is 5.96 Å². The average Bonchev–Trinajstić information content (AvgIpc) is 2.96. The molecule has 2 aromatic rings. The van der Waals surface area contributed by atoms with E-state index in [0.29, 0.717) is 19.7 Å². The zero-order chi connectivity index (χ0) is 16.5. The molecule has 0 radical (unpaired) electrons. The Morgan fingerprint density at radius 2 is 1.96 bits per heavy atom. The van der Waals surface area contributed by atoms with Gasteiger partial charge in [0.05, 0.1) is 18.8 Å². The van der Waals surface area contributed by atoms with Gasteiger partial charge >= 0.3 is 0 Å². The van der Waals surface area contributed by atoms with Crippen molar-refractivity contribution in [3.63, 3.8) is 0 Å². The predicted molar refractivity (Wildman–Crippen MR) is 108 cm³/mol. The van der Waals surface area contributed by atoms with Crippen molar-refractivity contribution in [1.29, 1.82) is 0 Å². The molecule has 0 saturated heterocycles. The molecule has 1 aromatic carbocycles. The molecule has 0 amide bonds. The summed E-state index contributed by atoms with van der Waals surface area (Å²) < 4.78 is 7.53. The highest BCUT2D eigenvalue weighted by molar-refractivity contribution is 14.0. The van der Waals surface area contributed by atoms with Gasteiger partial charge in [0.1, 0.15) is 12.4 Å². The summed E-state index contributed by atoms with van der Waals surface area (Å²) in [5.74, 6) is 1.66. The molecular weight excluding hydrogens is 417 g/mol. The van der Waals surface area contributed by atoms with Crippen LogP contribution in [-0.2, 0) is 13.6 Å². The summed E-state index contributed by atoms with van der Waals surface area (Å²) in [7, 11) is 1.92. The van der Waals surface area contributed by atoms with Crippen molar-refractivity contribution >= 4 is 29.9 Å². The third kappa shape index (κ3) is 6.77. The molecule has 7 heteroatoms. The lowest BCUT2D eigenvalue weighted by Crippen LogP contribution is -2.39. The zero-order valence-corrected chi connectivity index (χ0v) is 16.8. The molecule has 0 spiro atoms. The average molecular weight is 443 g/mol. The first-order valence-corrected chi connectivity index (χ1v) is 7.87. The number of halogens is 1. The smallest absolute Gasteiger partial charge is 0.191 e. The fourth-order valence-corrected chi connectivity index (χ4v) is 2.03. The van der Waals surface area contributed by atoms with E-state index < -0.39 is 0 Å². The summed E-state index contributed by atoms with van der Waals surface area (Å²) in [4.78, 5) is 4.55. The molecule has 6 nitrogen and oxygen atoms in total. The van der Waals surface area contributed by atoms with Gasteiger partial charge < -0.3 is 15.4 Å². The summed E-state index contributed by atoms with van der Waals surface area (Å²) >= 11 is 0. The van der Waals surface area contributed by atoms with Gasteiger partial charge in [-0.15, -0.1) is 24.0 Å². The fraction of sp³-hybridized carbons (Fsp3) is 0.412. The van der Waals surface area contributed by atoms with E-state index in [1.165, 1.54) is 5.56 Å². The minimum Gasteiger partial charge on any atom is -0.492 e. The van der Waals surface area contributed by atoms with Crippen molar-refractivity contribution in [3.8, 4) is 5.75 Å². The van der Waals surface area contributed by atoms with Crippen LogP contribution >= 0.6 is 24.0 Å².